The number of carbonyl (C=O) groups excluding carboxylic acids is 1. The summed E-state index contributed by atoms with van der Waals surface area (Å²) in [4.78, 5) is 33.2. The van der Waals surface area contributed by atoms with E-state index in [9.17, 15) is 9.59 Å². The summed E-state index contributed by atoms with van der Waals surface area (Å²) in [5.74, 6) is 1.07. The molecule has 8 nitrogen and oxygen atoms in total. The lowest BCUT2D eigenvalue weighted by Crippen LogP contribution is -2.34. The summed E-state index contributed by atoms with van der Waals surface area (Å²) in [6.45, 7) is 5.89. The Hall–Kier alpha value is -3.55. The molecule has 2 heterocycles. The number of anilines is 1. The van der Waals surface area contributed by atoms with Gasteiger partial charge in [0.15, 0.2) is 0 Å². The third-order valence-corrected chi connectivity index (χ3v) is 4.74. The second-order valence-corrected chi connectivity index (χ2v) is 7.53. The van der Waals surface area contributed by atoms with Crippen LogP contribution in [0.4, 0.5) is 5.69 Å². The van der Waals surface area contributed by atoms with Gasteiger partial charge in [0.05, 0.1) is 16.4 Å². The van der Waals surface area contributed by atoms with Crippen molar-refractivity contribution < 1.29 is 4.79 Å². The number of H-pyrrole nitrogens is 1. The molecule has 0 spiro atoms. The summed E-state index contributed by atoms with van der Waals surface area (Å²) < 4.78 is 1.10. The maximum atomic E-state index is 12.7. The molecule has 0 fully saturated rings. The highest BCUT2D eigenvalue weighted by molar-refractivity contribution is 5.95. The number of nitrogens with zero attached hydrogens (tertiary/aromatic N) is 4. The van der Waals surface area contributed by atoms with Crippen LogP contribution in [0, 0.1) is 5.92 Å². The molecule has 2 aromatic heterocycles. The number of amides is 1. The molecule has 0 saturated carbocycles. The van der Waals surface area contributed by atoms with Gasteiger partial charge in [-0.15, -0.1) is 5.10 Å². The number of hydrogen-bond acceptors (Lipinski definition) is 5. The van der Waals surface area contributed by atoms with Gasteiger partial charge < -0.3 is 10.3 Å². The summed E-state index contributed by atoms with van der Waals surface area (Å²) >= 11 is 0. The first kappa shape index (κ1) is 18.8. The molecule has 0 unspecified atom stereocenters. The van der Waals surface area contributed by atoms with E-state index in [2.05, 4.69) is 39.4 Å². The molecule has 4 rings (SSSR count). The summed E-state index contributed by atoms with van der Waals surface area (Å²) in [5.41, 5.74) is 2.48. The van der Waals surface area contributed by atoms with Gasteiger partial charge in [0.25, 0.3) is 5.56 Å². The van der Waals surface area contributed by atoms with Crippen LogP contribution >= 0.6 is 0 Å². The molecule has 0 radical (unpaired) electrons. The van der Waals surface area contributed by atoms with Crippen molar-refractivity contribution in [2.75, 3.05) is 5.32 Å². The first-order valence-corrected chi connectivity index (χ1v) is 9.56. The van der Waals surface area contributed by atoms with E-state index in [1.165, 1.54) is 0 Å². The number of hydrogen-bond donors (Lipinski definition) is 2. The predicted octanol–water partition coefficient (Wildman–Crippen LogP) is 3.07. The molecule has 1 amide bonds. The standard InChI is InChI=1S/C21H22N6O2/c1-12(2)10-19-23-17-9-8-14(11-18(17)24-19)22-20(28)13(3)27-21(29)15-6-4-5-7-16(15)25-26-27/h4-9,11-13H,10H2,1-3H3,(H,22,28)(H,23,24)/t13-/m0/s1. The van der Waals surface area contributed by atoms with E-state index in [-0.39, 0.29) is 11.5 Å². The fraction of sp³-hybridized carbons (Fsp3) is 0.286. The number of rotatable bonds is 5. The van der Waals surface area contributed by atoms with Crippen molar-refractivity contribution in [1.82, 2.24) is 25.0 Å². The van der Waals surface area contributed by atoms with E-state index in [0.717, 1.165) is 28.0 Å². The molecule has 0 saturated heterocycles. The molecular formula is C21H22N6O2. The Morgan fingerprint density at radius 3 is 2.72 bits per heavy atom. The number of carbonyl (C=O) groups is 1. The summed E-state index contributed by atoms with van der Waals surface area (Å²) in [5, 5.41) is 11.2. The van der Waals surface area contributed by atoms with Gasteiger partial charge in [0, 0.05) is 12.1 Å². The molecule has 0 aliphatic rings. The molecule has 29 heavy (non-hydrogen) atoms. The van der Waals surface area contributed by atoms with E-state index < -0.39 is 6.04 Å². The lowest BCUT2D eigenvalue weighted by molar-refractivity contribution is -0.119. The molecule has 0 aliphatic carbocycles. The molecule has 2 aromatic carbocycles. The number of fused-ring (bicyclic) bond motifs is 2. The third kappa shape index (κ3) is 3.73. The van der Waals surface area contributed by atoms with Crippen molar-refractivity contribution >= 4 is 33.5 Å². The number of aromatic nitrogens is 5. The van der Waals surface area contributed by atoms with E-state index in [1.54, 1.807) is 37.3 Å². The van der Waals surface area contributed by atoms with Gasteiger partial charge in [-0.25, -0.2) is 4.98 Å². The highest BCUT2D eigenvalue weighted by Gasteiger charge is 2.19. The van der Waals surface area contributed by atoms with Crippen LogP contribution in [-0.4, -0.2) is 30.9 Å². The SMILES string of the molecule is CC(C)Cc1nc2ccc(NC(=O)[C@H](C)n3nnc4ccccc4c3=O)cc2[nH]1. The molecule has 8 heteroatoms. The molecule has 0 aliphatic heterocycles. The number of nitrogens with one attached hydrogen (secondary N) is 2. The van der Waals surface area contributed by atoms with Crippen LogP contribution in [0.25, 0.3) is 21.9 Å². The van der Waals surface area contributed by atoms with Crippen LogP contribution in [0.2, 0.25) is 0 Å². The Bertz CT molecular complexity index is 1260. The number of imidazole rings is 1. The molecule has 2 N–H and O–H groups in total. The minimum Gasteiger partial charge on any atom is -0.342 e. The van der Waals surface area contributed by atoms with Crippen LogP contribution in [0.5, 0.6) is 0 Å². The van der Waals surface area contributed by atoms with Crippen LogP contribution in [0.1, 0.15) is 32.6 Å². The van der Waals surface area contributed by atoms with Crippen molar-refractivity contribution in [2.45, 2.75) is 33.2 Å². The van der Waals surface area contributed by atoms with Gasteiger partial charge in [-0.2, -0.15) is 4.68 Å². The fourth-order valence-corrected chi connectivity index (χ4v) is 3.24. The lowest BCUT2D eigenvalue weighted by atomic mass is 10.1. The largest absolute Gasteiger partial charge is 0.342 e. The third-order valence-electron chi connectivity index (χ3n) is 4.74. The normalized spacial score (nSPS) is 12.6. The van der Waals surface area contributed by atoms with E-state index in [4.69, 9.17) is 0 Å². The monoisotopic (exact) mass is 390 g/mol. The van der Waals surface area contributed by atoms with E-state index in [0.29, 0.717) is 22.5 Å². The van der Waals surface area contributed by atoms with Crippen LogP contribution in [-0.2, 0) is 11.2 Å². The zero-order valence-corrected chi connectivity index (χ0v) is 16.5. The minimum absolute atomic E-state index is 0.347. The summed E-state index contributed by atoms with van der Waals surface area (Å²) in [7, 11) is 0. The highest BCUT2D eigenvalue weighted by atomic mass is 16.2. The Balaban J connectivity index is 1.57. The topological polar surface area (TPSA) is 106 Å². The van der Waals surface area contributed by atoms with Crippen molar-refractivity contribution in [3.63, 3.8) is 0 Å². The molecule has 0 bridgehead atoms. The maximum absolute atomic E-state index is 12.7. The zero-order chi connectivity index (χ0) is 20.5. The quantitative estimate of drug-likeness (QED) is 0.545. The Morgan fingerprint density at radius 2 is 1.93 bits per heavy atom. The second-order valence-electron chi connectivity index (χ2n) is 7.53. The summed E-state index contributed by atoms with van der Waals surface area (Å²) in [6.07, 6.45) is 0.858. The van der Waals surface area contributed by atoms with Crippen molar-refractivity contribution in [3.8, 4) is 0 Å². The molecular weight excluding hydrogens is 368 g/mol. The molecule has 4 aromatic rings. The Labute approximate surface area is 167 Å². The highest BCUT2D eigenvalue weighted by Crippen LogP contribution is 2.19. The van der Waals surface area contributed by atoms with Crippen molar-refractivity contribution in [1.29, 1.82) is 0 Å². The Kier molecular flexibility index (Phi) is 4.84. The van der Waals surface area contributed by atoms with E-state index >= 15 is 0 Å². The Morgan fingerprint density at radius 1 is 1.14 bits per heavy atom. The zero-order valence-electron chi connectivity index (χ0n) is 16.5. The maximum Gasteiger partial charge on any atom is 0.278 e. The van der Waals surface area contributed by atoms with Gasteiger partial charge in [0.1, 0.15) is 17.4 Å². The first-order valence-electron chi connectivity index (χ1n) is 9.56. The average molecular weight is 390 g/mol. The number of benzene rings is 2. The van der Waals surface area contributed by atoms with Gasteiger partial charge in [-0.05, 0) is 43.2 Å². The minimum atomic E-state index is -0.812. The van der Waals surface area contributed by atoms with Gasteiger partial charge >= 0.3 is 0 Å². The average Bonchev–Trinajstić information content (AvgIpc) is 3.08. The second kappa shape index (κ2) is 7.46. The molecule has 1 atom stereocenters. The molecule has 148 valence electrons. The van der Waals surface area contributed by atoms with Crippen molar-refractivity contribution in [3.05, 3.63) is 58.6 Å². The number of aromatic amines is 1. The smallest absolute Gasteiger partial charge is 0.278 e. The lowest BCUT2D eigenvalue weighted by Gasteiger charge is -2.13. The predicted molar refractivity (Wildman–Crippen MR) is 112 cm³/mol. The first-order chi connectivity index (χ1) is 13.9. The van der Waals surface area contributed by atoms with Crippen LogP contribution in [0.15, 0.2) is 47.3 Å². The van der Waals surface area contributed by atoms with Crippen LogP contribution < -0.4 is 10.9 Å². The van der Waals surface area contributed by atoms with Gasteiger partial charge in [-0.3, -0.25) is 9.59 Å². The van der Waals surface area contributed by atoms with Crippen molar-refractivity contribution in [2.24, 2.45) is 5.92 Å². The van der Waals surface area contributed by atoms with Gasteiger partial charge in [0.2, 0.25) is 5.91 Å². The van der Waals surface area contributed by atoms with Gasteiger partial charge in [-0.1, -0.05) is 31.2 Å². The van der Waals surface area contributed by atoms with Crippen LogP contribution in [0.3, 0.4) is 0 Å². The fourth-order valence-electron chi connectivity index (χ4n) is 3.24. The summed E-state index contributed by atoms with van der Waals surface area (Å²) in [6, 6.07) is 11.6. The van der Waals surface area contributed by atoms with E-state index in [1.807, 2.05) is 12.1 Å².